The lowest BCUT2D eigenvalue weighted by Gasteiger charge is -2.30. The Labute approximate surface area is 214 Å². The van der Waals surface area contributed by atoms with Crippen LogP contribution in [0.25, 0.3) is 0 Å². The average molecular weight is 491 g/mol. The molecule has 0 bridgehead atoms. The minimum atomic E-state index is -0.376. The van der Waals surface area contributed by atoms with E-state index in [0.717, 1.165) is 59.1 Å². The zero-order valence-corrected chi connectivity index (χ0v) is 21.2. The fraction of sp³-hybridized carbons (Fsp3) is 0.581. The normalized spacial score (nSPS) is 22.9. The number of ether oxygens (including phenoxy) is 4. The molecular formula is C31H38O5. The van der Waals surface area contributed by atoms with E-state index in [0.29, 0.717) is 38.3 Å². The van der Waals surface area contributed by atoms with Crippen LogP contribution in [0.2, 0.25) is 0 Å². The van der Waals surface area contributed by atoms with E-state index in [4.69, 9.17) is 18.9 Å². The second-order valence-corrected chi connectivity index (χ2v) is 10.8. The summed E-state index contributed by atoms with van der Waals surface area (Å²) in [5.41, 5.74) is 6.04. The average Bonchev–Trinajstić information content (AvgIpc) is 3.68. The van der Waals surface area contributed by atoms with Crippen LogP contribution < -0.4 is 0 Å². The van der Waals surface area contributed by atoms with Crippen LogP contribution in [0.5, 0.6) is 0 Å². The molecule has 6 rings (SSSR count). The minimum absolute atomic E-state index is 0.121. The van der Waals surface area contributed by atoms with Gasteiger partial charge in [-0.1, -0.05) is 74.9 Å². The Bertz CT molecular complexity index is 971. The van der Waals surface area contributed by atoms with Gasteiger partial charge in [-0.15, -0.1) is 0 Å². The van der Waals surface area contributed by atoms with Gasteiger partial charge < -0.3 is 18.9 Å². The number of hydrogen-bond acceptors (Lipinski definition) is 5. The third-order valence-electron chi connectivity index (χ3n) is 8.55. The largest absolute Gasteiger partial charge is 0.346 e. The van der Waals surface area contributed by atoms with Crippen molar-refractivity contribution in [2.75, 3.05) is 26.4 Å². The Balaban J connectivity index is 1.46. The Hall–Kier alpha value is -2.05. The molecule has 5 heteroatoms. The molecule has 2 saturated carbocycles. The van der Waals surface area contributed by atoms with Crippen molar-refractivity contribution in [3.05, 3.63) is 69.8 Å². The number of carbonyl (C=O) groups excluding carboxylic acids is 1. The van der Waals surface area contributed by atoms with Crippen molar-refractivity contribution in [2.24, 2.45) is 0 Å². The summed E-state index contributed by atoms with van der Waals surface area (Å²) in [5.74, 6) is 0.852. The van der Waals surface area contributed by atoms with Crippen LogP contribution in [0, 0.1) is 0 Å². The summed E-state index contributed by atoms with van der Waals surface area (Å²) in [4.78, 5) is 14.5. The first-order chi connectivity index (χ1) is 17.8. The Kier molecular flexibility index (Phi) is 7.52. The molecule has 0 N–H and O–H groups in total. The summed E-state index contributed by atoms with van der Waals surface area (Å²) in [6.45, 7) is 2.40. The molecule has 2 aromatic carbocycles. The number of rotatable bonds is 6. The molecular weight excluding hydrogens is 452 g/mol. The maximum absolute atomic E-state index is 14.5. The lowest BCUT2D eigenvalue weighted by Crippen LogP contribution is -2.20. The van der Waals surface area contributed by atoms with Crippen molar-refractivity contribution in [1.29, 1.82) is 0 Å². The molecule has 0 amide bonds. The summed E-state index contributed by atoms with van der Waals surface area (Å²) < 4.78 is 23.8. The van der Waals surface area contributed by atoms with Crippen molar-refractivity contribution in [3.63, 3.8) is 0 Å². The van der Waals surface area contributed by atoms with Gasteiger partial charge in [0.05, 0.1) is 26.4 Å². The van der Waals surface area contributed by atoms with Gasteiger partial charge in [-0.3, -0.25) is 4.79 Å². The van der Waals surface area contributed by atoms with Crippen LogP contribution in [-0.2, 0) is 18.9 Å². The molecule has 2 aromatic rings. The van der Waals surface area contributed by atoms with Crippen LogP contribution >= 0.6 is 0 Å². The van der Waals surface area contributed by atoms with E-state index >= 15 is 0 Å². The highest BCUT2D eigenvalue weighted by molar-refractivity contribution is 6.11. The molecule has 4 aliphatic rings. The number of ketones is 1. The van der Waals surface area contributed by atoms with Crippen LogP contribution in [0.3, 0.4) is 0 Å². The summed E-state index contributed by atoms with van der Waals surface area (Å²) in [5, 5.41) is 0. The molecule has 5 nitrogen and oxygen atoms in total. The van der Waals surface area contributed by atoms with Crippen molar-refractivity contribution < 1.29 is 23.7 Å². The Morgan fingerprint density at radius 1 is 0.556 bits per heavy atom. The first-order valence-electron chi connectivity index (χ1n) is 14.1. The molecule has 0 aromatic heterocycles. The van der Waals surface area contributed by atoms with Crippen molar-refractivity contribution in [3.8, 4) is 0 Å². The highest BCUT2D eigenvalue weighted by atomic mass is 16.7. The molecule has 2 aliphatic heterocycles. The van der Waals surface area contributed by atoms with Crippen LogP contribution in [0.4, 0.5) is 0 Å². The third kappa shape index (κ3) is 4.79. The van der Waals surface area contributed by atoms with Gasteiger partial charge >= 0.3 is 0 Å². The van der Waals surface area contributed by atoms with E-state index in [2.05, 4.69) is 12.1 Å². The van der Waals surface area contributed by atoms with Gasteiger partial charge in [-0.05, 0) is 48.6 Å². The molecule has 0 spiro atoms. The van der Waals surface area contributed by atoms with Crippen molar-refractivity contribution in [1.82, 2.24) is 0 Å². The first-order valence-corrected chi connectivity index (χ1v) is 14.1. The predicted molar refractivity (Wildman–Crippen MR) is 137 cm³/mol. The number of hydrogen-bond donors (Lipinski definition) is 0. The van der Waals surface area contributed by atoms with Gasteiger partial charge in [-0.25, -0.2) is 0 Å². The second-order valence-electron chi connectivity index (χ2n) is 10.8. The maximum atomic E-state index is 14.5. The summed E-state index contributed by atoms with van der Waals surface area (Å²) in [6, 6.07) is 12.3. The van der Waals surface area contributed by atoms with Gasteiger partial charge in [0, 0.05) is 22.3 Å². The van der Waals surface area contributed by atoms with Crippen LogP contribution in [0.1, 0.15) is 127 Å². The minimum Gasteiger partial charge on any atom is -0.346 e. The fourth-order valence-corrected chi connectivity index (χ4v) is 6.89. The van der Waals surface area contributed by atoms with E-state index in [1.165, 1.54) is 38.5 Å². The third-order valence-corrected chi connectivity index (χ3v) is 8.55. The highest BCUT2D eigenvalue weighted by Crippen LogP contribution is 2.44. The van der Waals surface area contributed by atoms with Gasteiger partial charge in [0.1, 0.15) is 0 Å². The van der Waals surface area contributed by atoms with E-state index in [-0.39, 0.29) is 18.4 Å². The van der Waals surface area contributed by atoms with E-state index in [9.17, 15) is 4.79 Å². The summed E-state index contributed by atoms with van der Waals surface area (Å²) in [7, 11) is 0. The molecule has 0 atom stereocenters. The SMILES string of the molecule is O=C(c1cccc(C2OCCO2)c1C1CCCCC1)c1cccc(C2OCCO2)c1C1CCCCC1. The monoisotopic (exact) mass is 490 g/mol. The lowest BCUT2D eigenvalue weighted by atomic mass is 9.75. The summed E-state index contributed by atoms with van der Waals surface area (Å²) in [6.07, 6.45) is 11.1. The van der Waals surface area contributed by atoms with Gasteiger partial charge in [-0.2, -0.15) is 0 Å². The zero-order valence-electron chi connectivity index (χ0n) is 21.2. The van der Waals surface area contributed by atoms with Gasteiger partial charge in [0.15, 0.2) is 18.4 Å². The molecule has 36 heavy (non-hydrogen) atoms. The summed E-state index contributed by atoms with van der Waals surface area (Å²) >= 11 is 0. The first kappa shape index (κ1) is 24.3. The van der Waals surface area contributed by atoms with Gasteiger partial charge in [0.2, 0.25) is 0 Å². The van der Waals surface area contributed by atoms with Gasteiger partial charge in [0.25, 0.3) is 0 Å². The highest BCUT2D eigenvalue weighted by Gasteiger charge is 2.33. The number of carbonyl (C=O) groups is 1. The Morgan fingerprint density at radius 3 is 1.33 bits per heavy atom. The maximum Gasteiger partial charge on any atom is 0.193 e. The molecule has 2 aliphatic carbocycles. The molecule has 2 heterocycles. The zero-order chi connectivity index (χ0) is 24.3. The second kappa shape index (κ2) is 11.1. The lowest BCUT2D eigenvalue weighted by molar-refractivity contribution is -0.0452. The van der Waals surface area contributed by atoms with Crippen molar-refractivity contribution in [2.45, 2.75) is 88.6 Å². The number of benzene rings is 2. The predicted octanol–water partition coefficient (Wildman–Crippen LogP) is 7.10. The quantitative estimate of drug-likeness (QED) is 0.404. The van der Waals surface area contributed by atoms with E-state index in [1.807, 2.05) is 24.3 Å². The molecule has 2 saturated heterocycles. The molecule has 0 radical (unpaired) electrons. The standard InChI is InChI=1S/C31H38O5/c32-29(23-13-7-15-25(30-33-17-18-34-30)27(23)21-9-3-1-4-10-21)24-14-8-16-26(31-35-19-20-36-31)28(24)22-11-5-2-6-12-22/h7-8,13-16,21-22,30-31H,1-6,9-12,17-20H2. The Morgan fingerprint density at radius 2 is 0.944 bits per heavy atom. The molecule has 0 unspecified atom stereocenters. The molecule has 192 valence electrons. The van der Waals surface area contributed by atoms with E-state index < -0.39 is 0 Å². The topological polar surface area (TPSA) is 54.0 Å². The smallest absolute Gasteiger partial charge is 0.193 e. The van der Waals surface area contributed by atoms with E-state index in [1.54, 1.807) is 0 Å². The fourth-order valence-electron chi connectivity index (χ4n) is 6.89. The van der Waals surface area contributed by atoms with Crippen molar-refractivity contribution >= 4 is 5.78 Å². The van der Waals surface area contributed by atoms with Crippen LogP contribution in [0.15, 0.2) is 36.4 Å². The van der Waals surface area contributed by atoms with Crippen LogP contribution in [-0.4, -0.2) is 32.2 Å². The molecule has 4 fully saturated rings.